The van der Waals surface area contributed by atoms with Gasteiger partial charge in [-0.25, -0.2) is 66.2 Å². The number of aryl methyl sites for hydroxylation is 3. The maximum Gasteiger partial charge on any atom is 0.262 e. The Hall–Kier alpha value is -13.0. The summed E-state index contributed by atoms with van der Waals surface area (Å²) in [7, 11) is 8.94. The zero-order valence-electron chi connectivity index (χ0n) is 69.8. The van der Waals surface area contributed by atoms with Crippen LogP contribution >= 0.6 is 0 Å². The Morgan fingerprint density at radius 2 is 0.811 bits per heavy atom. The maximum absolute atomic E-state index is 15.3. The second-order valence-corrected chi connectivity index (χ2v) is 30.0. The van der Waals surface area contributed by atoms with Gasteiger partial charge in [-0.05, 0) is 116 Å². The molecule has 0 saturated carbocycles. The summed E-state index contributed by atoms with van der Waals surface area (Å²) in [5.74, 6) is -6.73. The molecule has 0 atom stereocenters. The molecule has 3 aliphatic heterocycles. The Kier molecular flexibility index (Phi) is 27.5. The van der Waals surface area contributed by atoms with Crippen molar-refractivity contribution in [2.45, 2.75) is 61.6 Å². The standard InChI is InChI=1S/C29H34F2N8O2.C28H30F2N8O3.C28H32F2N8O2/c1-5-37(4)29(40)24-27(36-23-8-7-19(15-32-23)16-39-11-9-38(6-2)10-12-39)33-17-34-28(24)41-22-14-21(30)26-20(25(22)31)13-18(3)35-26;1-5-37(4)28(40)22-25(35-21-7-6-17(14-31-21)27(39)38-10-8-36(3)9-11-38)32-15-33-26(22)41-20-13-19(29)24-18(23(20)30)12-16(2)34-24;1-5-37(4)28(39)23-26(35-18-6-7-19(31-14-18)15-38-10-8-36(3)9-11-38)32-16-33-27(23)40-22-13-21(29)25-20(24(22)30)12-17(2)34-25/h7-8,13-15,17,35H,5-6,9-12,16H2,1-4H3,(H,32,33,34,36);6-7,12-15,34H,5,8-11H2,1-4H3,(H,31,32,33,35);6-7,12-14,16,34H,5,8-11,15H2,1-4H3,(H,32,33,35). The van der Waals surface area contributed by atoms with Crippen LogP contribution in [0.3, 0.4) is 0 Å². The molecule has 12 aromatic rings. The van der Waals surface area contributed by atoms with Crippen molar-refractivity contribution in [3.63, 3.8) is 0 Å². The predicted molar refractivity (Wildman–Crippen MR) is 449 cm³/mol. The number of nitrogens with one attached hydrogen (secondary N) is 6. The first-order valence-electron chi connectivity index (χ1n) is 39.9. The maximum atomic E-state index is 15.3. The second-order valence-electron chi connectivity index (χ2n) is 30.0. The third-order valence-corrected chi connectivity index (χ3v) is 21.4. The SMILES string of the molecule is CCN(C)C(=O)c1c(Nc2ccc(C(=O)N3CCN(C)CC3)cn2)ncnc1Oc1cc(F)c2[nH]c(C)cc2c1F.CCN(C)C(=O)c1c(Nc2ccc(CN3CCN(C)CC3)nc2)ncnc1Oc1cc(F)c2[nH]c(C)cc2c1F.CCN1CCN(Cc2ccc(Nc3ncnc(Oc4cc(F)c5[nH]c(C)cc5c4F)c3C(=O)N(C)CC)nc2)CC1. The quantitative estimate of drug-likeness (QED) is 0.0306. The lowest BCUT2D eigenvalue weighted by Crippen LogP contribution is -2.47. The third-order valence-electron chi connectivity index (χ3n) is 21.4. The van der Waals surface area contributed by atoms with Crippen LogP contribution in [-0.4, -0.2) is 267 Å². The monoisotopic (exact) mass is 1680 g/mol. The molecule has 640 valence electrons. The van der Waals surface area contributed by atoms with Gasteiger partial charge in [-0.1, -0.05) is 13.0 Å². The van der Waals surface area contributed by atoms with E-state index < -0.39 is 69.9 Å². The van der Waals surface area contributed by atoms with Crippen LogP contribution in [0.4, 0.5) is 61.1 Å². The number of nitrogens with zero attached hydrogens (tertiary/aromatic N) is 18. The number of aromatic nitrogens is 12. The Balaban J connectivity index is 0.000000158. The molecule has 12 heterocycles. The Labute approximate surface area is 699 Å². The van der Waals surface area contributed by atoms with E-state index in [-0.39, 0.29) is 90.4 Å². The largest absolute Gasteiger partial charge is 0.435 e. The number of anilines is 6. The van der Waals surface area contributed by atoms with Crippen molar-refractivity contribution in [3.8, 4) is 34.9 Å². The molecule has 4 amide bonds. The molecule has 0 aliphatic carbocycles. The summed E-state index contributed by atoms with van der Waals surface area (Å²) in [5.41, 5.74) is 4.76. The molecule has 3 saturated heterocycles. The minimum atomic E-state index is -0.802. The lowest BCUT2D eigenvalue weighted by Gasteiger charge is -2.33. The van der Waals surface area contributed by atoms with E-state index >= 15 is 13.2 Å². The first-order valence-corrected chi connectivity index (χ1v) is 39.9. The van der Waals surface area contributed by atoms with Crippen LogP contribution < -0.4 is 30.2 Å². The molecule has 3 aliphatic rings. The summed E-state index contributed by atoms with van der Waals surface area (Å²) < 4.78 is 107. The predicted octanol–water partition coefficient (Wildman–Crippen LogP) is 13.0. The molecule has 0 bridgehead atoms. The smallest absolute Gasteiger partial charge is 0.262 e. The van der Waals surface area contributed by atoms with E-state index in [1.54, 1.807) is 78.3 Å². The number of likely N-dealkylation sites (N-methyl/N-ethyl adjacent to an activating group) is 3. The minimum absolute atomic E-state index is 0.0128. The van der Waals surface area contributed by atoms with E-state index in [1.807, 2.05) is 45.2 Å². The van der Waals surface area contributed by atoms with Gasteiger partial charge in [-0.3, -0.25) is 34.0 Å². The Morgan fingerprint density at radius 3 is 1.19 bits per heavy atom. The van der Waals surface area contributed by atoms with Gasteiger partial charge >= 0.3 is 0 Å². The molecule has 9 aromatic heterocycles. The number of piperazine rings is 3. The van der Waals surface area contributed by atoms with Crippen molar-refractivity contribution in [1.82, 2.24) is 104 Å². The zero-order chi connectivity index (χ0) is 86.7. The van der Waals surface area contributed by atoms with Gasteiger partial charge in [0.2, 0.25) is 17.6 Å². The fourth-order valence-corrected chi connectivity index (χ4v) is 13.9. The van der Waals surface area contributed by atoms with Gasteiger partial charge in [0.25, 0.3) is 23.6 Å². The van der Waals surface area contributed by atoms with Crippen LogP contribution in [0.15, 0.2) is 110 Å². The number of halogens is 6. The van der Waals surface area contributed by atoms with Gasteiger partial charge < -0.3 is 79.4 Å². The summed E-state index contributed by atoms with van der Waals surface area (Å²) in [6, 6.07) is 18.0. The number of H-pyrrole nitrogens is 3. The topological polar surface area (TPSA) is 325 Å². The molecule has 31 nitrogen and oxygen atoms in total. The van der Waals surface area contributed by atoms with Crippen LogP contribution in [0.5, 0.6) is 34.9 Å². The Bertz CT molecular complexity index is 5760. The van der Waals surface area contributed by atoms with E-state index in [0.29, 0.717) is 72.7 Å². The number of aromatic amines is 3. The van der Waals surface area contributed by atoms with Crippen molar-refractivity contribution in [1.29, 1.82) is 0 Å². The van der Waals surface area contributed by atoms with Gasteiger partial charge in [-0.2, -0.15) is 0 Å². The van der Waals surface area contributed by atoms with Crippen LogP contribution in [-0.2, 0) is 13.1 Å². The summed E-state index contributed by atoms with van der Waals surface area (Å²) in [6.45, 7) is 27.5. The fourth-order valence-electron chi connectivity index (χ4n) is 13.9. The number of carbonyl (C=O) groups excluding carboxylic acids is 4. The molecular formula is C85H96F6N24O7. The number of carbonyl (C=O) groups is 4. The number of hydrogen-bond acceptors (Lipinski definition) is 24. The number of benzene rings is 3. The molecule has 3 aromatic carbocycles. The number of pyridine rings is 3. The molecule has 37 heteroatoms. The second kappa shape index (κ2) is 38.6. The average Bonchev–Trinajstić information content (AvgIpc) is 1.51. The number of amides is 4. The summed E-state index contributed by atoms with van der Waals surface area (Å²) >= 11 is 0. The molecule has 15 rings (SSSR count). The molecule has 122 heavy (non-hydrogen) atoms. The highest BCUT2D eigenvalue weighted by Crippen LogP contribution is 2.40. The van der Waals surface area contributed by atoms with E-state index in [0.717, 1.165) is 121 Å². The number of ether oxygens (including phenoxy) is 3. The van der Waals surface area contributed by atoms with Gasteiger partial charge in [0.1, 0.15) is 47.3 Å². The van der Waals surface area contributed by atoms with E-state index in [1.165, 1.54) is 51.8 Å². The summed E-state index contributed by atoms with van der Waals surface area (Å²) in [6.07, 6.45) is 8.44. The fraction of sp³-hybridized carbons (Fsp3) is 0.353. The molecule has 3 fully saturated rings. The van der Waals surface area contributed by atoms with Crippen molar-refractivity contribution >= 4 is 91.1 Å². The van der Waals surface area contributed by atoms with Crippen molar-refractivity contribution in [2.75, 3.05) is 156 Å². The lowest BCUT2D eigenvalue weighted by atomic mass is 10.2. The highest BCUT2D eigenvalue weighted by molar-refractivity contribution is 6.03. The first kappa shape index (κ1) is 86.9. The summed E-state index contributed by atoms with van der Waals surface area (Å²) in [4.78, 5) is 118. The molecular weight excluding hydrogens is 1580 g/mol. The number of hydrogen-bond donors (Lipinski definition) is 6. The normalized spacial score (nSPS) is 14.2. The zero-order valence-corrected chi connectivity index (χ0v) is 69.8. The van der Waals surface area contributed by atoms with Crippen LogP contribution in [0.25, 0.3) is 32.7 Å². The van der Waals surface area contributed by atoms with E-state index in [9.17, 15) is 32.3 Å². The van der Waals surface area contributed by atoms with Crippen LogP contribution in [0, 0.1) is 55.7 Å². The average molecular weight is 1680 g/mol. The first-order chi connectivity index (χ1) is 58.6. The van der Waals surface area contributed by atoms with Crippen LogP contribution in [0.2, 0.25) is 0 Å². The van der Waals surface area contributed by atoms with Crippen molar-refractivity contribution in [2.24, 2.45) is 0 Å². The third kappa shape index (κ3) is 20.0. The molecule has 6 N–H and O–H groups in total. The molecule has 0 spiro atoms. The molecule has 0 radical (unpaired) electrons. The van der Waals surface area contributed by atoms with Gasteiger partial charge in [0.15, 0.2) is 69.6 Å². The van der Waals surface area contributed by atoms with Gasteiger partial charge in [0.05, 0.1) is 39.7 Å². The Morgan fingerprint density at radius 1 is 0.426 bits per heavy atom. The number of fused-ring (bicyclic) bond motifs is 3. The van der Waals surface area contributed by atoms with Gasteiger partial charge in [-0.15, -0.1) is 0 Å². The highest BCUT2D eigenvalue weighted by atomic mass is 19.1. The van der Waals surface area contributed by atoms with Crippen molar-refractivity contribution in [3.05, 3.63) is 196 Å². The van der Waals surface area contributed by atoms with E-state index in [2.05, 4.69) is 114 Å². The minimum Gasteiger partial charge on any atom is -0.435 e. The molecule has 0 unspecified atom stereocenters. The lowest BCUT2D eigenvalue weighted by molar-refractivity contribution is 0.0662. The van der Waals surface area contributed by atoms with Gasteiger partial charge in [0, 0.05) is 196 Å². The van der Waals surface area contributed by atoms with Crippen LogP contribution in [0.1, 0.15) is 97.5 Å². The van der Waals surface area contributed by atoms with E-state index in [4.69, 9.17) is 14.2 Å². The highest BCUT2D eigenvalue weighted by Gasteiger charge is 2.32. The summed E-state index contributed by atoms with van der Waals surface area (Å²) in [5, 5.41) is 9.27. The number of rotatable bonds is 24. The van der Waals surface area contributed by atoms with Crippen molar-refractivity contribution < 1.29 is 59.7 Å².